The summed E-state index contributed by atoms with van der Waals surface area (Å²) >= 11 is 12.2. The Labute approximate surface area is 118 Å². The number of rotatable bonds is 3. The summed E-state index contributed by atoms with van der Waals surface area (Å²) in [7, 11) is 0. The maximum atomic E-state index is 13.9. The molecule has 1 saturated carbocycles. The van der Waals surface area contributed by atoms with Gasteiger partial charge in [0.1, 0.15) is 5.82 Å². The number of hydrogen-bond acceptors (Lipinski definition) is 0. The summed E-state index contributed by atoms with van der Waals surface area (Å²) in [4.78, 5) is 0. The fraction of sp³-hybridized carbons (Fsp3) is 0.600. The van der Waals surface area contributed by atoms with Crippen LogP contribution in [-0.2, 0) is 6.42 Å². The molecule has 3 heteroatoms. The SMILES string of the molecule is CCC1CCC(Cl)C(Cc2cccc(Cl)c2F)C1. The molecule has 1 fully saturated rings. The topological polar surface area (TPSA) is 0 Å². The molecule has 0 radical (unpaired) electrons. The van der Waals surface area contributed by atoms with Gasteiger partial charge >= 0.3 is 0 Å². The standard InChI is InChI=1S/C15H19Cl2F/c1-2-10-6-7-13(16)12(8-10)9-11-4-3-5-14(17)15(11)18/h3-5,10,12-13H,2,6-9H2,1H3. The Bertz CT molecular complexity index is 405. The Kier molecular flexibility index (Phi) is 4.91. The molecule has 0 N–H and O–H groups in total. The lowest BCUT2D eigenvalue weighted by Gasteiger charge is -2.32. The molecule has 0 aliphatic heterocycles. The molecule has 3 atom stereocenters. The number of hydrogen-bond donors (Lipinski definition) is 0. The first-order chi connectivity index (χ1) is 8.61. The van der Waals surface area contributed by atoms with Crippen LogP contribution in [0.5, 0.6) is 0 Å². The van der Waals surface area contributed by atoms with Gasteiger partial charge in [-0.15, -0.1) is 11.6 Å². The van der Waals surface area contributed by atoms with Crippen LogP contribution in [-0.4, -0.2) is 5.38 Å². The molecule has 0 spiro atoms. The second-order valence-corrected chi connectivity index (χ2v) is 6.25. The van der Waals surface area contributed by atoms with E-state index in [2.05, 4.69) is 6.92 Å². The summed E-state index contributed by atoms with van der Waals surface area (Å²) in [5.74, 6) is 0.840. The van der Waals surface area contributed by atoms with Crippen molar-refractivity contribution < 1.29 is 4.39 Å². The zero-order chi connectivity index (χ0) is 13.1. The van der Waals surface area contributed by atoms with E-state index in [0.717, 1.165) is 18.8 Å². The van der Waals surface area contributed by atoms with Crippen molar-refractivity contribution in [1.82, 2.24) is 0 Å². The zero-order valence-corrected chi connectivity index (χ0v) is 12.1. The van der Waals surface area contributed by atoms with E-state index in [1.54, 1.807) is 6.07 Å². The van der Waals surface area contributed by atoms with Gasteiger partial charge in [0.2, 0.25) is 0 Å². The average molecular weight is 289 g/mol. The summed E-state index contributed by atoms with van der Waals surface area (Å²) in [6, 6.07) is 5.22. The Morgan fingerprint density at radius 2 is 2.11 bits per heavy atom. The molecule has 0 heterocycles. The number of benzene rings is 1. The van der Waals surface area contributed by atoms with E-state index in [0.29, 0.717) is 17.9 Å². The predicted octanol–water partition coefficient (Wildman–Crippen LogP) is 5.46. The minimum Gasteiger partial charge on any atom is -0.205 e. The molecule has 0 bridgehead atoms. The maximum absolute atomic E-state index is 13.9. The molecular weight excluding hydrogens is 270 g/mol. The highest BCUT2D eigenvalue weighted by atomic mass is 35.5. The Hall–Kier alpha value is -0.270. The van der Waals surface area contributed by atoms with Crippen LogP contribution in [0.3, 0.4) is 0 Å². The Morgan fingerprint density at radius 3 is 2.83 bits per heavy atom. The fourth-order valence-electron chi connectivity index (χ4n) is 2.89. The normalized spacial score (nSPS) is 28.3. The Balaban J connectivity index is 2.09. The fourth-order valence-corrected chi connectivity index (χ4v) is 3.41. The third-order valence-corrected chi connectivity index (χ3v) is 4.96. The first-order valence-electron chi connectivity index (χ1n) is 6.68. The van der Waals surface area contributed by atoms with Crippen molar-refractivity contribution in [2.24, 2.45) is 11.8 Å². The van der Waals surface area contributed by atoms with Gasteiger partial charge in [0.15, 0.2) is 0 Å². The van der Waals surface area contributed by atoms with E-state index in [1.165, 1.54) is 12.8 Å². The van der Waals surface area contributed by atoms with Gasteiger partial charge in [0.25, 0.3) is 0 Å². The highest BCUT2D eigenvalue weighted by Crippen LogP contribution is 2.37. The summed E-state index contributed by atoms with van der Waals surface area (Å²) in [5.41, 5.74) is 0.704. The summed E-state index contributed by atoms with van der Waals surface area (Å²) in [6.07, 6.45) is 5.26. The van der Waals surface area contributed by atoms with E-state index >= 15 is 0 Å². The molecule has 2 rings (SSSR count). The number of alkyl halides is 1. The van der Waals surface area contributed by atoms with Crippen LogP contribution in [0.25, 0.3) is 0 Å². The average Bonchev–Trinajstić information content (AvgIpc) is 2.37. The highest BCUT2D eigenvalue weighted by molar-refractivity contribution is 6.30. The van der Waals surface area contributed by atoms with Gasteiger partial charge in [-0.25, -0.2) is 4.39 Å². The second kappa shape index (κ2) is 6.25. The van der Waals surface area contributed by atoms with Gasteiger partial charge in [-0.3, -0.25) is 0 Å². The molecule has 0 aromatic heterocycles. The van der Waals surface area contributed by atoms with Crippen LogP contribution < -0.4 is 0 Å². The molecule has 0 amide bonds. The van der Waals surface area contributed by atoms with Gasteiger partial charge < -0.3 is 0 Å². The molecule has 0 nitrogen and oxygen atoms in total. The van der Waals surface area contributed by atoms with Crippen molar-refractivity contribution in [3.05, 3.63) is 34.6 Å². The Morgan fingerprint density at radius 1 is 1.33 bits per heavy atom. The van der Waals surface area contributed by atoms with Crippen molar-refractivity contribution in [2.45, 2.75) is 44.4 Å². The van der Waals surface area contributed by atoms with Crippen molar-refractivity contribution in [2.75, 3.05) is 0 Å². The van der Waals surface area contributed by atoms with Crippen molar-refractivity contribution in [1.29, 1.82) is 0 Å². The molecule has 1 aliphatic carbocycles. The molecule has 0 saturated heterocycles. The van der Waals surface area contributed by atoms with Gasteiger partial charge in [-0.05, 0) is 49.1 Å². The van der Waals surface area contributed by atoms with Crippen LogP contribution in [0.1, 0.15) is 38.2 Å². The first-order valence-corrected chi connectivity index (χ1v) is 7.50. The zero-order valence-electron chi connectivity index (χ0n) is 10.6. The van der Waals surface area contributed by atoms with E-state index in [4.69, 9.17) is 23.2 Å². The van der Waals surface area contributed by atoms with Gasteiger partial charge in [-0.2, -0.15) is 0 Å². The van der Waals surface area contributed by atoms with Gasteiger partial charge in [-0.1, -0.05) is 37.1 Å². The molecule has 1 aromatic rings. The lowest BCUT2D eigenvalue weighted by molar-refractivity contribution is 0.263. The minimum atomic E-state index is -0.276. The molecule has 1 aliphatic rings. The van der Waals surface area contributed by atoms with Crippen molar-refractivity contribution in [3.63, 3.8) is 0 Å². The molecule has 1 aromatic carbocycles. The quantitative estimate of drug-likeness (QED) is 0.648. The third-order valence-electron chi connectivity index (χ3n) is 4.09. The van der Waals surface area contributed by atoms with Crippen LogP contribution >= 0.6 is 23.2 Å². The van der Waals surface area contributed by atoms with E-state index in [1.807, 2.05) is 12.1 Å². The van der Waals surface area contributed by atoms with Crippen LogP contribution in [0.2, 0.25) is 5.02 Å². The molecular formula is C15H19Cl2F. The monoisotopic (exact) mass is 288 g/mol. The van der Waals surface area contributed by atoms with Crippen LogP contribution in [0.15, 0.2) is 18.2 Å². The molecule has 3 unspecified atom stereocenters. The minimum absolute atomic E-state index is 0.172. The lowest BCUT2D eigenvalue weighted by atomic mass is 9.77. The maximum Gasteiger partial charge on any atom is 0.144 e. The second-order valence-electron chi connectivity index (χ2n) is 5.28. The third kappa shape index (κ3) is 3.19. The molecule has 100 valence electrons. The van der Waals surface area contributed by atoms with Gasteiger partial charge in [0, 0.05) is 5.38 Å². The lowest BCUT2D eigenvalue weighted by Crippen LogP contribution is -2.27. The van der Waals surface area contributed by atoms with E-state index in [-0.39, 0.29) is 16.2 Å². The predicted molar refractivity (Wildman–Crippen MR) is 75.9 cm³/mol. The van der Waals surface area contributed by atoms with Crippen LogP contribution in [0.4, 0.5) is 4.39 Å². The van der Waals surface area contributed by atoms with Crippen molar-refractivity contribution >= 4 is 23.2 Å². The van der Waals surface area contributed by atoms with E-state index in [9.17, 15) is 4.39 Å². The van der Waals surface area contributed by atoms with Crippen LogP contribution in [0, 0.1) is 17.7 Å². The first kappa shape index (κ1) is 14.1. The van der Waals surface area contributed by atoms with Crippen molar-refractivity contribution in [3.8, 4) is 0 Å². The summed E-state index contributed by atoms with van der Waals surface area (Å²) < 4.78 is 13.9. The van der Waals surface area contributed by atoms with Gasteiger partial charge in [0.05, 0.1) is 5.02 Å². The largest absolute Gasteiger partial charge is 0.205 e. The molecule has 18 heavy (non-hydrogen) atoms. The summed E-state index contributed by atoms with van der Waals surface area (Å²) in [6.45, 7) is 2.22. The van der Waals surface area contributed by atoms with E-state index < -0.39 is 0 Å². The highest BCUT2D eigenvalue weighted by Gasteiger charge is 2.29. The smallest absolute Gasteiger partial charge is 0.144 e. The summed E-state index contributed by atoms with van der Waals surface area (Å²) in [5, 5.41) is 0.382. The number of halogens is 3.